The van der Waals surface area contributed by atoms with Crippen LogP contribution in [0.4, 0.5) is 0 Å². The van der Waals surface area contributed by atoms with E-state index in [4.69, 9.17) is 9.47 Å². The Morgan fingerprint density at radius 2 is 1.75 bits per heavy atom. The van der Waals surface area contributed by atoms with Gasteiger partial charge in [-0.1, -0.05) is 18.2 Å². The molecule has 3 nitrogen and oxygen atoms in total. The molecule has 0 unspecified atom stereocenters. The Kier molecular flexibility index (Phi) is 4.64. The SMILES string of the molecule is CNCc1ccc(C)c(Oc2ccc(C)cc2OC)c1. The van der Waals surface area contributed by atoms with Crippen molar-refractivity contribution in [3.05, 3.63) is 53.1 Å². The van der Waals surface area contributed by atoms with Crippen molar-refractivity contribution in [2.24, 2.45) is 0 Å². The number of ether oxygens (including phenoxy) is 2. The van der Waals surface area contributed by atoms with Crippen LogP contribution in [0.2, 0.25) is 0 Å². The molecule has 0 saturated heterocycles. The standard InChI is InChI=1S/C17H21NO2/c1-12-5-8-15(17(9-12)19-4)20-16-10-14(11-18-3)7-6-13(16)2/h5-10,18H,11H2,1-4H3. The topological polar surface area (TPSA) is 30.5 Å². The van der Waals surface area contributed by atoms with Gasteiger partial charge in [-0.2, -0.15) is 0 Å². The maximum atomic E-state index is 6.02. The molecule has 2 rings (SSSR count). The van der Waals surface area contributed by atoms with Crippen molar-refractivity contribution >= 4 is 0 Å². The van der Waals surface area contributed by atoms with Crippen molar-refractivity contribution in [3.63, 3.8) is 0 Å². The zero-order chi connectivity index (χ0) is 14.5. The number of methoxy groups -OCH3 is 1. The summed E-state index contributed by atoms with van der Waals surface area (Å²) < 4.78 is 11.4. The van der Waals surface area contributed by atoms with Crippen LogP contribution in [0.15, 0.2) is 36.4 Å². The molecular weight excluding hydrogens is 250 g/mol. The van der Waals surface area contributed by atoms with Crippen molar-refractivity contribution in [1.29, 1.82) is 0 Å². The molecule has 0 fully saturated rings. The lowest BCUT2D eigenvalue weighted by atomic mass is 10.1. The molecule has 0 radical (unpaired) electrons. The quantitative estimate of drug-likeness (QED) is 0.896. The molecule has 106 valence electrons. The van der Waals surface area contributed by atoms with E-state index < -0.39 is 0 Å². The average Bonchev–Trinajstić information content (AvgIpc) is 2.44. The van der Waals surface area contributed by atoms with E-state index in [0.717, 1.165) is 34.9 Å². The van der Waals surface area contributed by atoms with Crippen LogP contribution < -0.4 is 14.8 Å². The highest BCUT2D eigenvalue weighted by Crippen LogP contribution is 2.34. The monoisotopic (exact) mass is 271 g/mol. The Labute approximate surface area is 120 Å². The van der Waals surface area contributed by atoms with Crippen LogP contribution in [0.5, 0.6) is 17.2 Å². The second-order valence-electron chi connectivity index (χ2n) is 4.89. The van der Waals surface area contributed by atoms with Crippen LogP contribution in [0, 0.1) is 13.8 Å². The fourth-order valence-electron chi connectivity index (χ4n) is 2.05. The Balaban J connectivity index is 2.31. The summed E-state index contributed by atoms with van der Waals surface area (Å²) in [5.74, 6) is 2.35. The summed E-state index contributed by atoms with van der Waals surface area (Å²) in [6, 6.07) is 12.2. The zero-order valence-corrected chi connectivity index (χ0v) is 12.5. The van der Waals surface area contributed by atoms with Gasteiger partial charge >= 0.3 is 0 Å². The van der Waals surface area contributed by atoms with Gasteiger partial charge in [-0.05, 0) is 55.8 Å². The molecular formula is C17H21NO2. The number of hydrogen-bond acceptors (Lipinski definition) is 3. The predicted molar refractivity (Wildman–Crippen MR) is 81.7 cm³/mol. The van der Waals surface area contributed by atoms with Crippen LogP contribution in [0.3, 0.4) is 0 Å². The van der Waals surface area contributed by atoms with Gasteiger partial charge in [0.25, 0.3) is 0 Å². The molecule has 0 bridgehead atoms. The van der Waals surface area contributed by atoms with E-state index in [-0.39, 0.29) is 0 Å². The summed E-state index contributed by atoms with van der Waals surface area (Å²) in [6.07, 6.45) is 0. The second-order valence-corrected chi connectivity index (χ2v) is 4.89. The third-order valence-electron chi connectivity index (χ3n) is 3.17. The summed E-state index contributed by atoms with van der Waals surface area (Å²) in [4.78, 5) is 0. The average molecular weight is 271 g/mol. The summed E-state index contributed by atoms with van der Waals surface area (Å²) in [7, 11) is 3.59. The zero-order valence-electron chi connectivity index (χ0n) is 12.5. The van der Waals surface area contributed by atoms with Crippen molar-refractivity contribution < 1.29 is 9.47 Å². The van der Waals surface area contributed by atoms with E-state index in [2.05, 4.69) is 23.5 Å². The van der Waals surface area contributed by atoms with Crippen LogP contribution >= 0.6 is 0 Å². The fraction of sp³-hybridized carbons (Fsp3) is 0.294. The minimum absolute atomic E-state index is 0.739. The number of aryl methyl sites for hydroxylation is 2. The van der Waals surface area contributed by atoms with Gasteiger partial charge in [0, 0.05) is 6.54 Å². The first-order valence-corrected chi connectivity index (χ1v) is 6.70. The highest BCUT2D eigenvalue weighted by atomic mass is 16.5. The minimum Gasteiger partial charge on any atom is -0.493 e. The number of hydrogen-bond donors (Lipinski definition) is 1. The first-order valence-electron chi connectivity index (χ1n) is 6.70. The lowest BCUT2D eigenvalue weighted by Crippen LogP contribution is -2.05. The molecule has 3 heteroatoms. The molecule has 0 atom stereocenters. The van der Waals surface area contributed by atoms with E-state index in [9.17, 15) is 0 Å². The van der Waals surface area contributed by atoms with Gasteiger partial charge in [-0.15, -0.1) is 0 Å². The number of rotatable bonds is 5. The maximum absolute atomic E-state index is 6.02. The van der Waals surface area contributed by atoms with Gasteiger partial charge in [-0.3, -0.25) is 0 Å². The maximum Gasteiger partial charge on any atom is 0.169 e. The van der Waals surface area contributed by atoms with E-state index in [0.29, 0.717) is 0 Å². The van der Waals surface area contributed by atoms with E-state index in [1.165, 1.54) is 5.56 Å². The predicted octanol–water partition coefficient (Wildman–Crippen LogP) is 3.82. The van der Waals surface area contributed by atoms with E-state index in [1.807, 2.05) is 39.1 Å². The van der Waals surface area contributed by atoms with Crippen molar-refractivity contribution in [3.8, 4) is 17.2 Å². The number of nitrogens with one attached hydrogen (secondary N) is 1. The molecule has 0 aliphatic heterocycles. The molecule has 0 spiro atoms. The Hall–Kier alpha value is -2.00. The van der Waals surface area contributed by atoms with Crippen LogP contribution in [0.1, 0.15) is 16.7 Å². The molecule has 0 aromatic heterocycles. The molecule has 2 aromatic carbocycles. The van der Waals surface area contributed by atoms with Crippen LogP contribution in [-0.4, -0.2) is 14.2 Å². The Bertz CT molecular complexity index is 594. The van der Waals surface area contributed by atoms with E-state index in [1.54, 1.807) is 7.11 Å². The molecule has 0 aliphatic rings. The first-order chi connectivity index (χ1) is 9.63. The van der Waals surface area contributed by atoms with Crippen LogP contribution in [-0.2, 0) is 6.54 Å². The molecule has 2 aromatic rings. The van der Waals surface area contributed by atoms with Crippen molar-refractivity contribution in [2.75, 3.05) is 14.2 Å². The third-order valence-corrected chi connectivity index (χ3v) is 3.17. The highest BCUT2D eigenvalue weighted by molar-refractivity contribution is 5.47. The summed E-state index contributed by atoms with van der Waals surface area (Å²) in [5, 5.41) is 3.14. The van der Waals surface area contributed by atoms with Gasteiger partial charge in [0.15, 0.2) is 11.5 Å². The normalized spacial score (nSPS) is 10.4. The highest BCUT2D eigenvalue weighted by Gasteiger charge is 2.08. The summed E-state index contributed by atoms with van der Waals surface area (Å²) >= 11 is 0. The Morgan fingerprint density at radius 1 is 0.950 bits per heavy atom. The Morgan fingerprint density at radius 3 is 2.45 bits per heavy atom. The van der Waals surface area contributed by atoms with Crippen molar-refractivity contribution in [2.45, 2.75) is 20.4 Å². The smallest absolute Gasteiger partial charge is 0.169 e. The first kappa shape index (κ1) is 14.4. The van der Waals surface area contributed by atoms with Gasteiger partial charge in [0.05, 0.1) is 7.11 Å². The third kappa shape index (κ3) is 3.31. The van der Waals surface area contributed by atoms with Gasteiger partial charge in [0.1, 0.15) is 5.75 Å². The lowest BCUT2D eigenvalue weighted by molar-refractivity contribution is 0.377. The summed E-state index contributed by atoms with van der Waals surface area (Å²) in [5.41, 5.74) is 3.45. The van der Waals surface area contributed by atoms with Crippen LogP contribution in [0.25, 0.3) is 0 Å². The molecule has 1 N–H and O–H groups in total. The fourth-order valence-corrected chi connectivity index (χ4v) is 2.05. The molecule has 20 heavy (non-hydrogen) atoms. The molecule has 0 aliphatic carbocycles. The summed E-state index contributed by atoms with van der Waals surface area (Å²) in [6.45, 7) is 4.89. The minimum atomic E-state index is 0.739. The second kappa shape index (κ2) is 6.44. The number of benzene rings is 2. The molecule has 0 heterocycles. The lowest BCUT2D eigenvalue weighted by Gasteiger charge is -2.14. The van der Waals surface area contributed by atoms with Gasteiger partial charge in [0.2, 0.25) is 0 Å². The van der Waals surface area contributed by atoms with Gasteiger partial charge in [-0.25, -0.2) is 0 Å². The largest absolute Gasteiger partial charge is 0.493 e. The molecule has 0 amide bonds. The van der Waals surface area contributed by atoms with Gasteiger partial charge < -0.3 is 14.8 Å². The van der Waals surface area contributed by atoms with Crippen molar-refractivity contribution in [1.82, 2.24) is 5.32 Å². The molecule has 0 saturated carbocycles. The van der Waals surface area contributed by atoms with E-state index >= 15 is 0 Å².